The first-order chi connectivity index (χ1) is 6.34. The van der Waals surface area contributed by atoms with E-state index in [2.05, 4.69) is 22.0 Å². The van der Waals surface area contributed by atoms with Crippen LogP contribution in [0.3, 0.4) is 0 Å². The van der Waals surface area contributed by atoms with Gasteiger partial charge in [0.1, 0.15) is 0 Å². The van der Waals surface area contributed by atoms with Crippen molar-refractivity contribution in [3.05, 3.63) is 14.4 Å². The van der Waals surface area contributed by atoms with Crippen LogP contribution in [0.5, 0.6) is 0 Å². The van der Waals surface area contributed by atoms with Gasteiger partial charge in [-0.2, -0.15) is 0 Å². The van der Waals surface area contributed by atoms with Crippen LogP contribution in [0, 0.1) is 20.3 Å². The average Bonchev–Trinajstić information content (AvgIpc) is 2.12. The fourth-order valence-electron chi connectivity index (χ4n) is 2.08. The Morgan fingerprint density at radius 3 is 2.13 bits per heavy atom. The van der Waals surface area contributed by atoms with Crippen molar-refractivity contribution in [3.8, 4) is 0 Å². The first-order valence-electron chi connectivity index (χ1n) is 5.33. The monoisotopic (exact) mass is 236 g/mol. The summed E-state index contributed by atoms with van der Waals surface area (Å²) < 4.78 is 0. The topological polar surface area (TPSA) is 18.5 Å². The molecule has 4 heteroatoms. The molecule has 2 fully saturated rings. The summed E-state index contributed by atoms with van der Waals surface area (Å²) in [7, 11) is 0. The van der Waals surface area contributed by atoms with Crippen LogP contribution in [0.15, 0.2) is 0 Å². The number of likely N-dealkylation sites (tertiary alicyclic amines) is 1. The Kier molecular flexibility index (Phi) is 9.45. The SMILES string of the molecule is [CH2-]C1CN(CCN2CCNCC2)C1.[CH3-].[K+]. The van der Waals surface area contributed by atoms with E-state index in [4.69, 9.17) is 0 Å². The van der Waals surface area contributed by atoms with Crippen molar-refractivity contribution in [1.82, 2.24) is 15.1 Å². The zero-order chi connectivity index (χ0) is 9.10. The Balaban J connectivity index is 0.000000980. The molecule has 2 saturated heterocycles. The number of hydrogen-bond donors (Lipinski definition) is 1. The van der Waals surface area contributed by atoms with Crippen molar-refractivity contribution in [2.45, 2.75) is 0 Å². The van der Waals surface area contributed by atoms with E-state index in [9.17, 15) is 0 Å². The third-order valence-electron chi connectivity index (χ3n) is 2.97. The molecule has 2 aliphatic rings. The summed E-state index contributed by atoms with van der Waals surface area (Å²) in [5.74, 6) is 0.697. The van der Waals surface area contributed by atoms with Crippen molar-refractivity contribution < 1.29 is 51.4 Å². The summed E-state index contributed by atoms with van der Waals surface area (Å²) in [5.41, 5.74) is 0. The third kappa shape index (κ3) is 5.59. The number of hydrogen-bond acceptors (Lipinski definition) is 3. The van der Waals surface area contributed by atoms with Crippen LogP contribution < -0.4 is 56.7 Å². The minimum Gasteiger partial charge on any atom is -0.358 e. The maximum Gasteiger partial charge on any atom is 1.00 e. The molecule has 1 N–H and O–H groups in total. The van der Waals surface area contributed by atoms with Gasteiger partial charge in [-0.1, -0.05) is 0 Å². The zero-order valence-electron chi connectivity index (χ0n) is 10.3. The van der Waals surface area contributed by atoms with Gasteiger partial charge in [-0.15, -0.1) is 5.92 Å². The number of nitrogens with zero attached hydrogens (tertiary/aromatic N) is 2. The smallest absolute Gasteiger partial charge is 0.358 e. The molecule has 2 heterocycles. The molecule has 0 unspecified atom stereocenters. The van der Waals surface area contributed by atoms with E-state index in [0.717, 1.165) is 13.1 Å². The molecule has 0 aliphatic carbocycles. The van der Waals surface area contributed by atoms with Gasteiger partial charge in [0.25, 0.3) is 0 Å². The number of rotatable bonds is 3. The van der Waals surface area contributed by atoms with Crippen LogP contribution in [0.2, 0.25) is 0 Å². The molecular weight excluding hydrogens is 213 g/mol. The van der Waals surface area contributed by atoms with E-state index in [0.29, 0.717) is 5.92 Å². The summed E-state index contributed by atoms with van der Waals surface area (Å²) in [5, 5.41) is 3.37. The average molecular weight is 236 g/mol. The Morgan fingerprint density at radius 1 is 1.07 bits per heavy atom. The molecule has 0 aromatic heterocycles. The Hall–Kier alpha value is 1.52. The van der Waals surface area contributed by atoms with Crippen LogP contribution in [0.4, 0.5) is 0 Å². The van der Waals surface area contributed by atoms with Gasteiger partial charge in [-0.05, 0) is 13.1 Å². The van der Waals surface area contributed by atoms with E-state index in [1.807, 2.05) is 0 Å². The van der Waals surface area contributed by atoms with Crippen LogP contribution in [0.1, 0.15) is 0 Å². The minimum absolute atomic E-state index is 0. The molecule has 2 rings (SSSR count). The normalized spacial score (nSPS) is 23.8. The van der Waals surface area contributed by atoms with Gasteiger partial charge in [0.2, 0.25) is 0 Å². The van der Waals surface area contributed by atoms with Gasteiger partial charge in [0, 0.05) is 39.3 Å². The van der Waals surface area contributed by atoms with Crippen molar-refractivity contribution in [1.29, 1.82) is 0 Å². The van der Waals surface area contributed by atoms with Crippen LogP contribution >= 0.6 is 0 Å². The van der Waals surface area contributed by atoms with Gasteiger partial charge in [0.15, 0.2) is 0 Å². The fraction of sp³-hybridized carbons (Fsp3) is 0.818. The molecule has 0 radical (unpaired) electrons. The molecule has 84 valence electrons. The molecule has 0 saturated carbocycles. The van der Waals surface area contributed by atoms with Gasteiger partial charge in [0.05, 0.1) is 0 Å². The predicted molar refractivity (Wildman–Crippen MR) is 61.0 cm³/mol. The first kappa shape index (κ1) is 16.5. The molecule has 0 spiro atoms. The van der Waals surface area contributed by atoms with Gasteiger partial charge < -0.3 is 24.6 Å². The fourth-order valence-corrected chi connectivity index (χ4v) is 2.08. The van der Waals surface area contributed by atoms with Crippen LogP contribution in [-0.2, 0) is 0 Å². The van der Waals surface area contributed by atoms with Gasteiger partial charge >= 0.3 is 51.4 Å². The molecule has 2 aliphatic heterocycles. The molecule has 0 amide bonds. The quantitative estimate of drug-likeness (QED) is 0.419. The zero-order valence-corrected chi connectivity index (χ0v) is 13.5. The Morgan fingerprint density at radius 2 is 1.60 bits per heavy atom. The predicted octanol–water partition coefficient (Wildman–Crippen LogP) is -2.89. The molecule has 0 atom stereocenters. The minimum atomic E-state index is 0. The molecule has 0 bridgehead atoms. The summed E-state index contributed by atoms with van der Waals surface area (Å²) in [4.78, 5) is 5.05. The Bertz CT molecular complexity index is 154. The summed E-state index contributed by atoms with van der Waals surface area (Å²) >= 11 is 0. The molecular formula is C11H23KN3-. The van der Waals surface area contributed by atoms with E-state index in [-0.39, 0.29) is 58.8 Å². The Labute approximate surface area is 137 Å². The van der Waals surface area contributed by atoms with E-state index < -0.39 is 0 Å². The van der Waals surface area contributed by atoms with Crippen LogP contribution in [0.25, 0.3) is 0 Å². The number of piperazine rings is 1. The molecule has 15 heavy (non-hydrogen) atoms. The second-order valence-corrected chi connectivity index (χ2v) is 4.22. The summed E-state index contributed by atoms with van der Waals surface area (Å²) in [6, 6.07) is 0. The maximum absolute atomic E-state index is 4.02. The second kappa shape index (κ2) is 8.58. The second-order valence-electron chi connectivity index (χ2n) is 4.22. The summed E-state index contributed by atoms with van der Waals surface area (Å²) in [6.07, 6.45) is 0. The van der Waals surface area contributed by atoms with Gasteiger partial charge in [-0.3, -0.25) is 4.90 Å². The van der Waals surface area contributed by atoms with Gasteiger partial charge in [-0.25, -0.2) is 0 Å². The largest absolute Gasteiger partial charge is 1.00 e. The van der Waals surface area contributed by atoms with E-state index in [1.54, 1.807) is 0 Å². The van der Waals surface area contributed by atoms with Crippen molar-refractivity contribution >= 4 is 0 Å². The number of nitrogens with one attached hydrogen (secondary N) is 1. The molecule has 0 aromatic rings. The third-order valence-corrected chi connectivity index (χ3v) is 2.97. The molecule has 3 nitrogen and oxygen atoms in total. The van der Waals surface area contributed by atoms with Crippen molar-refractivity contribution in [2.75, 3.05) is 52.4 Å². The molecule has 0 aromatic carbocycles. The van der Waals surface area contributed by atoms with E-state index in [1.165, 1.54) is 39.3 Å². The summed E-state index contributed by atoms with van der Waals surface area (Å²) in [6.45, 7) is 13.7. The van der Waals surface area contributed by atoms with Crippen LogP contribution in [-0.4, -0.2) is 62.2 Å². The van der Waals surface area contributed by atoms with Crippen molar-refractivity contribution in [2.24, 2.45) is 5.92 Å². The van der Waals surface area contributed by atoms with Crippen molar-refractivity contribution in [3.63, 3.8) is 0 Å². The standard InChI is InChI=1S/C10H20N3.CH3.K/c1-10-8-13(9-10)7-6-12-4-2-11-3-5-12;;/h10-11H,1-9H2;1H3;/q2*-1;+1. The first-order valence-corrected chi connectivity index (χ1v) is 5.33. The van der Waals surface area contributed by atoms with E-state index >= 15 is 0 Å². The maximum atomic E-state index is 4.02.